The average molecular weight is 516 g/mol. The molecule has 1 unspecified atom stereocenters. The van der Waals surface area contributed by atoms with Crippen LogP contribution in [-0.4, -0.2) is 61.9 Å². The zero-order valence-electron chi connectivity index (χ0n) is 20.0. The van der Waals surface area contributed by atoms with E-state index < -0.39 is 30.3 Å². The largest absolute Gasteiger partial charge is 0.394 e. The van der Waals surface area contributed by atoms with Crippen molar-refractivity contribution >= 4 is 34.3 Å². The molecule has 2 aromatic heterocycles. The highest BCUT2D eigenvalue weighted by Gasteiger charge is 2.56. The SMILES string of the molecule is CC1(C)OC2[C@@H](CO)O[C@@H](n3cnc4c(N5CC6(CCCC6)c6cc(F)ccc65)nc(Cl)nc43)[C@H]2O1. The van der Waals surface area contributed by atoms with E-state index in [1.54, 1.807) is 17.0 Å². The van der Waals surface area contributed by atoms with Crippen molar-refractivity contribution < 1.29 is 23.7 Å². The van der Waals surface area contributed by atoms with Crippen LogP contribution in [0.25, 0.3) is 11.2 Å². The quantitative estimate of drug-likeness (QED) is 0.523. The summed E-state index contributed by atoms with van der Waals surface area (Å²) in [5.74, 6) is -0.453. The standard InChI is InChI=1S/C25H27ClFN5O4/c1-24(2)35-18-16(10-33)34-22(19(18)36-24)32-12-28-17-20(29-23(26)30-21(17)32)31-11-25(7-3-4-8-25)14-9-13(27)5-6-15(14)31/h5-6,9,12,16,18-19,22,33H,3-4,7-8,10-11H2,1-2H3/t16-,18?,19+,22-/m1/s1. The number of anilines is 2. The molecule has 0 amide bonds. The van der Waals surface area contributed by atoms with E-state index in [0.29, 0.717) is 23.5 Å². The molecule has 0 bridgehead atoms. The second-order valence-corrected chi connectivity index (χ2v) is 11.0. The van der Waals surface area contributed by atoms with Crippen LogP contribution in [0.2, 0.25) is 5.28 Å². The number of hydrogen-bond donors (Lipinski definition) is 1. The van der Waals surface area contributed by atoms with E-state index in [0.717, 1.165) is 36.9 Å². The van der Waals surface area contributed by atoms with Crippen LogP contribution in [0, 0.1) is 5.82 Å². The van der Waals surface area contributed by atoms with Crippen molar-refractivity contribution in [3.05, 3.63) is 41.2 Å². The number of rotatable bonds is 3. The van der Waals surface area contributed by atoms with Crippen LogP contribution < -0.4 is 4.90 Å². The van der Waals surface area contributed by atoms with Gasteiger partial charge in [0.05, 0.1) is 12.9 Å². The van der Waals surface area contributed by atoms with Gasteiger partial charge in [-0.25, -0.2) is 9.37 Å². The number of benzene rings is 1. The minimum Gasteiger partial charge on any atom is -0.394 e. The molecule has 4 atom stereocenters. The lowest BCUT2D eigenvalue weighted by Crippen LogP contribution is -2.31. The minimum atomic E-state index is -0.802. The second-order valence-electron chi connectivity index (χ2n) is 10.7. The fraction of sp³-hybridized carbons (Fsp3) is 0.560. The summed E-state index contributed by atoms with van der Waals surface area (Å²) in [4.78, 5) is 15.9. The fourth-order valence-corrected chi connectivity index (χ4v) is 6.75. The molecule has 1 spiro atoms. The van der Waals surface area contributed by atoms with E-state index in [1.165, 1.54) is 6.07 Å². The van der Waals surface area contributed by atoms with Gasteiger partial charge in [-0.1, -0.05) is 12.8 Å². The maximum absolute atomic E-state index is 14.3. The Bertz CT molecular complexity index is 1360. The first-order valence-corrected chi connectivity index (χ1v) is 12.8. The second kappa shape index (κ2) is 7.82. The zero-order chi connectivity index (χ0) is 24.8. The van der Waals surface area contributed by atoms with Gasteiger partial charge in [-0.05, 0) is 62.1 Å². The lowest BCUT2D eigenvalue weighted by atomic mass is 9.81. The Balaban J connectivity index is 1.33. The number of fused-ring (bicyclic) bond motifs is 4. The number of ether oxygens (including phenoxy) is 3. The van der Waals surface area contributed by atoms with Crippen molar-refractivity contribution in [2.75, 3.05) is 18.1 Å². The number of aliphatic hydroxyl groups excluding tert-OH is 1. The predicted octanol–water partition coefficient (Wildman–Crippen LogP) is 3.99. The Morgan fingerprint density at radius 1 is 1.17 bits per heavy atom. The van der Waals surface area contributed by atoms with Gasteiger partial charge >= 0.3 is 0 Å². The summed E-state index contributed by atoms with van der Waals surface area (Å²) in [5.41, 5.74) is 2.90. The summed E-state index contributed by atoms with van der Waals surface area (Å²) in [6, 6.07) is 4.97. The van der Waals surface area contributed by atoms with E-state index in [2.05, 4.69) is 19.9 Å². The molecule has 9 nitrogen and oxygen atoms in total. The average Bonchev–Trinajstić information content (AvgIpc) is 3.63. The van der Waals surface area contributed by atoms with Gasteiger partial charge in [-0.2, -0.15) is 9.97 Å². The Morgan fingerprint density at radius 2 is 1.94 bits per heavy atom. The van der Waals surface area contributed by atoms with Crippen LogP contribution in [0.5, 0.6) is 0 Å². The Kier molecular flexibility index (Phi) is 4.95. The molecule has 190 valence electrons. The number of hydrogen-bond acceptors (Lipinski definition) is 8. The fourth-order valence-electron chi connectivity index (χ4n) is 6.59. The van der Waals surface area contributed by atoms with Crippen molar-refractivity contribution in [3.63, 3.8) is 0 Å². The zero-order valence-corrected chi connectivity index (χ0v) is 20.8. The van der Waals surface area contributed by atoms with Crippen molar-refractivity contribution in [2.24, 2.45) is 0 Å². The summed E-state index contributed by atoms with van der Waals surface area (Å²) in [6.07, 6.45) is 3.85. The molecule has 1 aromatic carbocycles. The van der Waals surface area contributed by atoms with Gasteiger partial charge in [0.15, 0.2) is 29.0 Å². The number of imidazole rings is 1. The van der Waals surface area contributed by atoms with Crippen LogP contribution in [0.4, 0.5) is 15.9 Å². The minimum absolute atomic E-state index is 0.0764. The van der Waals surface area contributed by atoms with Crippen molar-refractivity contribution in [2.45, 2.75) is 75.3 Å². The molecular formula is C25H27ClFN5O4. The van der Waals surface area contributed by atoms with Crippen LogP contribution in [0.3, 0.4) is 0 Å². The van der Waals surface area contributed by atoms with Gasteiger partial charge < -0.3 is 24.2 Å². The van der Waals surface area contributed by atoms with Gasteiger partial charge in [0.2, 0.25) is 5.28 Å². The number of aromatic nitrogens is 4. The van der Waals surface area contributed by atoms with Crippen molar-refractivity contribution in [1.82, 2.24) is 19.5 Å². The Labute approximate surface area is 212 Å². The molecule has 11 heteroatoms. The molecule has 5 heterocycles. The van der Waals surface area contributed by atoms with Gasteiger partial charge in [-0.3, -0.25) is 4.57 Å². The lowest BCUT2D eigenvalue weighted by molar-refractivity contribution is -0.199. The summed E-state index contributed by atoms with van der Waals surface area (Å²) < 4.78 is 34.4. The predicted molar refractivity (Wildman–Crippen MR) is 129 cm³/mol. The van der Waals surface area contributed by atoms with Gasteiger partial charge in [0.1, 0.15) is 24.1 Å². The van der Waals surface area contributed by atoms with Gasteiger partial charge in [-0.15, -0.1) is 0 Å². The molecule has 3 aromatic rings. The smallest absolute Gasteiger partial charge is 0.226 e. The van der Waals surface area contributed by atoms with E-state index in [-0.39, 0.29) is 23.1 Å². The van der Waals surface area contributed by atoms with E-state index in [4.69, 9.17) is 25.8 Å². The molecule has 36 heavy (non-hydrogen) atoms. The topological polar surface area (TPSA) is 94.8 Å². The highest BCUT2D eigenvalue weighted by atomic mass is 35.5. The first-order chi connectivity index (χ1) is 17.3. The summed E-state index contributed by atoms with van der Waals surface area (Å²) in [6.45, 7) is 4.16. The van der Waals surface area contributed by atoms with E-state index in [9.17, 15) is 9.50 Å². The molecule has 7 rings (SSSR count). The van der Waals surface area contributed by atoms with Gasteiger partial charge in [0.25, 0.3) is 0 Å². The van der Waals surface area contributed by atoms with E-state index >= 15 is 0 Å². The highest BCUT2D eigenvalue weighted by molar-refractivity contribution is 6.28. The molecule has 2 saturated heterocycles. The monoisotopic (exact) mass is 515 g/mol. The Morgan fingerprint density at radius 3 is 2.72 bits per heavy atom. The Hall–Kier alpha value is -2.37. The van der Waals surface area contributed by atoms with Crippen molar-refractivity contribution in [3.8, 4) is 0 Å². The molecule has 1 N–H and O–H groups in total. The first-order valence-electron chi connectivity index (χ1n) is 12.4. The normalized spacial score (nSPS) is 30.0. The molecule has 0 radical (unpaired) electrons. The maximum Gasteiger partial charge on any atom is 0.226 e. The van der Waals surface area contributed by atoms with Crippen LogP contribution in [0.1, 0.15) is 51.3 Å². The highest BCUT2D eigenvalue weighted by Crippen LogP contribution is 2.53. The molecule has 1 aliphatic carbocycles. The number of nitrogens with zero attached hydrogens (tertiary/aromatic N) is 5. The third-order valence-corrected chi connectivity index (χ3v) is 8.22. The summed E-state index contributed by atoms with van der Waals surface area (Å²) >= 11 is 6.47. The molecule has 3 aliphatic heterocycles. The van der Waals surface area contributed by atoms with Gasteiger partial charge in [0, 0.05) is 17.6 Å². The van der Waals surface area contributed by atoms with Crippen LogP contribution in [0.15, 0.2) is 24.5 Å². The molecule has 1 saturated carbocycles. The summed E-state index contributed by atoms with van der Waals surface area (Å²) in [7, 11) is 0. The van der Waals surface area contributed by atoms with Crippen molar-refractivity contribution in [1.29, 1.82) is 0 Å². The lowest BCUT2D eigenvalue weighted by Gasteiger charge is -2.25. The van der Waals surface area contributed by atoms with Crippen LogP contribution in [-0.2, 0) is 19.6 Å². The van der Waals surface area contributed by atoms with E-state index in [1.807, 2.05) is 19.9 Å². The third kappa shape index (κ3) is 3.24. The number of aliphatic hydroxyl groups is 1. The molecule has 3 fully saturated rings. The number of halogens is 2. The summed E-state index contributed by atoms with van der Waals surface area (Å²) in [5, 5.41) is 9.97. The third-order valence-electron chi connectivity index (χ3n) is 8.05. The maximum atomic E-state index is 14.3. The van der Waals surface area contributed by atoms with Crippen LogP contribution >= 0.6 is 11.6 Å². The molecular weight excluding hydrogens is 489 g/mol. The molecule has 4 aliphatic rings. The first kappa shape index (κ1) is 22.8.